The zero-order valence-electron chi connectivity index (χ0n) is 22.8. The van der Waals surface area contributed by atoms with E-state index >= 15 is 0 Å². The minimum Gasteiger partial charge on any atom is -0.378 e. The molecule has 0 fully saturated rings. The summed E-state index contributed by atoms with van der Waals surface area (Å²) >= 11 is 6.78. The van der Waals surface area contributed by atoms with Crippen LogP contribution in [0.2, 0.25) is 5.02 Å². The van der Waals surface area contributed by atoms with E-state index in [-0.39, 0.29) is 17.5 Å². The van der Waals surface area contributed by atoms with E-state index in [1.54, 1.807) is 30.3 Å². The first kappa shape index (κ1) is 28.4. The summed E-state index contributed by atoms with van der Waals surface area (Å²) in [5.41, 5.74) is 6.50. The maximum Gasteiger partial charge on any atom is 0.269 e. The van der Waals surface area contributed by atoms with Gasteiger partial charge < -0.3 is 15.1 Å². The van der Waals surface area contributed by atoms with Crippen molar-refractivity contribution < 1.29 is 9.72 Å². The summed E-state index contributed by atoms with van der Waals surface area (Å²) in [5.74, 6) is -0.485. The molecule has 1 amide bonds. The lowest BCUT2D eigenvalue weighted by Crippen LogP contribution is -2.11. The number of carbonyl (C=O) groups is 1. The molecule has 8 heteroatoms. The summed E-state index contributed by atoms with van der Waals surface area (Å²) in [5, 5.41) is 14.4. The Hall–Kier alpha value is -4.62. The van der Waals surface area contributed by atoms with E-state index in [9.17, 15) is 14.9 Å². The molecule has 0 bridgehead atoms. The number of amides is 1. The van der Waals surface area contributed by atoms with Crippen LogP contribution in [0.1, 0.15) is 28.2 Å². The molecule has 4 aromatic rings. The highest BCUT2D eigenvalue weighted by atomic mass is 35.5. The molecule has 4 rings (SSSR count). The van der Waals surface area contributed by atoms with Gasteiger partial charge in [0.25, 0.3) is 5.69 Å². The first-order valence-electron chi connectivity index (χ1n) is 12.7. The summed E-state index contributed by atoms with van der Waals surface area (Å²) in [6.45, 7) is 0. The van der Waals surface area contributed by atoms with E-state index in [1.165, 1.54) is 18.2 Å². The molecule has 0 aliphatic carbocycles. The molecule has 0 unspecified atom stereocenters. The highest BCUT2D eigenvalue weighted by molar-refractivity contribution is 6.31. The maximum absolute atomic E-state index is 12.7. The summed E-state index contributed by atoms with van der Waals surface area (Å²) in [6, 6.07) is 28.2. The number of rotatable bonds is 9. The largest absolute Gasteiger partial charge is 0.378 e. The fraction of sp³-hybridized carbons (Fsp3) is 0.156. The van der Waals surface area contributed by atoms with Gasteiger partial charge in [0, 0.05) is 74.4 Å². The third kappa shape index (κ3) is 6.87. The van der Waals surface area contributed by atoms with Crippen molar-refractivity contribution in [2.45, 2.75) is 5.92 Å². The zero-order valence-corrected chi connectivity index (χ0v) is 23.6. The Morgan fingerprint density at radius 1 is 0.825 bits per heavy atom. The first-order valence-corrected chi connectivity index (χ1v) is 13.1. The molecule has 0 saturated heterocycles. The molecule has 0 saturated carbocycles. The first-order chi connectivity index (χ1) is 19.1. The predicted molar refractivity (Wildman–Crippen MR) is 165 cm³/mol. The fourth-order valence-electron chi connectivity index (χ4n) is 4.39. The Morgan fingerprint density at radius 2 is 1.35 bits per heavy atom. The monoisotopic (exact) mass is 554 g/mol. The second-order valence-electron chi connectivity index (χ2n) is 9.81. The number of nitrogens with zero attached hydrogens (tertiary/aromatic N) is 3. The van der Waals surface area contributed by atoms with Gasteiger partial charge in [-0.2, -0.15) is 0 Å². The lowest BCUT2D eigenvalue weighted by Gasteiger charge is -2.23. The van der Waals surface area contributed by atoms with Gasteiger partial charge >= 0.3 is 0 Å². The lowest BCUT2D eigenvalue weighted by atomic mass is 9.84. The van der Waals surface area contributed by atoms with Crippen LogP contribution in [0.4, 0.5) is 22.7 Å². The van der Waals surface area contributed by atoms with Crippen LogP contribution >= 0.6 is 11.6 Å². The van der Waals surface area contributed by atoms with Crippen molar-refractivity contribution in [3.63, 3.8) is 0 Å². The van der Waals surface area contributed by atoms with Crippen molar-refractivity contribution in [3.8, 4) is 0 Å². The number of benzene rings is 4. The highest BCUT2D eigenvalue weighted by Crippen LogP contribution is 2.38. The predicted octanol–water partition coefficient (Wildman–Crippen LogP) is 7.21. The van der Waals surface area contributed by atoms with E-state index in [0.717, 1.165) is 28.1 Å². The lowest BCUT2D eigenvalue weighted by molar-refractivity contribution is -0.384. The quantitative estimate of drug-likeness (QED) is 0.102. The van der Waals surface area contributed by atoms with Crippen molar-refractivity contribution in [3.05, 3.63) is 134 Å². The van der Waals surface area contributed by atoms with Gasteiger partial charge in [-0.1, -0.05) is 35.9 Å². The van der Waals surface area contributed by atoms with E-state index in [2.05, 4.69) is 63.6 Å². The molecule has 4 aromatic carbocycles. The standard InChI is InChI=1S/C32H31ClN4O3/c1-35(2)26-15-8-23(9-16-26)32(24-10-17-27(18-11-24)36(3)4)29-21-25(12-19-30(29)33)34-31(38)20-7-22-5-13-28(14-6-22)37(39)40/h5-21,32H,1-4H3,(H,34,38). The molecular weight excluding hydrogens is 524 g/mol. The average molecular weight is 555 g/mol. The summed E-state index contributed by atoms with van der Waals surface area (Å²) < 4.78 is 0. The SMILES string of the molecule is CN(C)c1ccc(C(c2ccc(N(C)C)cc2)c2cc(NC(=O)C=Cc3ccc([N+](=O)[O-])cc3)ccc2Cl)cc1. The second kappa shape index (κ2) is 12.5. The van der Waals surface area contributed by atoms with Crippen LogP contribution in [0.5, 0.6) is 0 Å². The number of nitrogens with one attached hydrogen (secondary N) is 1. The van der Waals surface area contributed by atoms with Crippen LogP contribution in [0.3, 0.4) is 0 Å². The topological polar surface area (TPSA) is 78.7 Å². The molecule has 0 spiro atoms. The van der Waals surface area contributed by atoms with Crippen LogP contribution in [0, 0.1) is 10.1 Å². The van der Waals surface area contributed by atoms with Gasteiger partial charge in [0.2, 0.25) is 5.91 Å². The summed E-state index contributed by atoms with van der Waals surface area (Å²) in [7, 11) is 8.02. The Balaban J connectivity index is 1.64. The van der Waals surface area contributed by atoms with Gasteiger partial charge in [-0.25, -0.2) is 0 Å². The van der Waals surface area contributed by atoms with Crippen molar-refractivity contribution in [2.75, 3.05) is 43.3 Å². The van der Waals surface area contributed by atoms with Gasteiger partial charge in [0.05, 0.1) is 4.92 Å². The number of hydrogen-bond donors (Lipinski definition) is 1. The van der Waals surface area contributed by atoms with Crippen LogP contribution < -0.4 is 15.1 Å². The third-order valence-corrected chi connectivity index (χ3v) is 6.94. The number of nitro benzene ring substituents is 1. The number of hydrogen-bond acceptors (Lipinski definition) is 5. The minimum absolute atomic E-state index is 0.00226. The molecule has 40 heavy (non-hydrogen) atoms. The zero-order chi connectivity index (χ0) is 28.8. The van der Waals surface area contributed by atoms with Gasteiger partial charge in [0.15, 0.2) is 0 Å². The van der Waals surface area contributed by atoms with Crippen molar-refractivity contribution in [1.82, 2.24) is 0 Å². The molecular formula is C32H31ClN4O3. The molecule has 0 atom stereocenters. The molecule has 0 aromatic heterocycles. The highest BCUT2D eigenvalue weighted by Gasteiger charge is 2.21. The third-order valence-electron chi connectivity index (χ3n) is 6.59. The summed E-state index contributed by atoms with van der Waals surface area (Å²) in [6.07, 6.45) is 3.00. The van der Waals surface area contributed by atoms with Crippen molar-refractivity contribution in [2.24, 2.45) is 0 Å². The van der Waals surface area contributed by atoms with Gasteiger partial charge in [-0.05, 0) is 82.9 Å². The average Bonchev–Trinajstić information content (AvgIpc) is 2.94. The minimum atomic E-state index is -0.460. The van der Waals surface area contributed by atoms with E-state index in [4.69, 9.17) is 11.6 Å². The van der Waals surface area contributed by atoms with Gasteiger partial charge in [0.1, 0.15) is 0 Å². The normalized spacial score (nSPS) is 11.1. The Morgan fingerprint density at radius 3 is 1.82 bits per heavy atom. The molecule has 1 N–H and O–H groups in total. The fourth-order valence-corrected chi connectivity index (χ4v) is 4.61. The Bertz CT molecular complexity index is 1460. The van der Waals surface area contributed by atoms with E-state index in [1.807, 2.05) is 34.3 Å². The van der Waals surface area contributed by atoms with Gasteiger partial charge in [-0.3, -0.25) is 14.9 Å². The molecule has 7 nitrogen and oxygen atoms in total. The molecule has 0 aliphatic rings. The van der Waals surface area contributed by atoms with Crippen molar-refractivity contribution >= 4 is 46.3 Å². The number of carbonyl (C=O) groups excluding carboxylic acids is 1. The number of halogens is 1. The molecule has 0 heterocycles. The smallest absolute Gasteiger partial charge is 0.269 e. The van der Waals surface area contributed by atoms with Crippen LogP contribution in [0.15, 0.2) is 97.1 Å². The number of nitro groups is 1. The summed E-state index contributed by atoms with van der Waals surface area (Å²) in [4.78, 5) is 27.2. The Kier molecular flexibility index (Phi) is 8.86. The molecule has 204 valence electrons. The van der Waals surface area contributed by atoms with Crippen LogP contribution in [-0.4, -0.2) is 39.0 Å². The van der Waals surface area contributed by atoms with Crippen molar-refractivity contribution in [1.29, 1.82) is 0 Å². The van der Waals surface area contributed by atoms with E-state index < -0.39 is 4.92 Å². The maximum atomic E-state index is 12.7. The molecule has 0 aliphatic heterocycles. The second-order valence-corrected chi connectivity index (χ2v) is 10.2. The Labute approximate surface area is 239 Å². The van der Waals surface area contributed by atoms with Gasteiger partial charge in [-0.15, -0.1) is 0 Å². The van der Waals surface area contributed by atoms with Crippen LogP contribution in [0.25, 0.3) is 6.08 Å². The van der Waals surface area contributed by atoms with E-state index in [0.29, 0.717) is 16.3 Å². The van der Waals surface area contributed by atoms with Crippen LogP contribution in [-0.2, 0) is 4.79 Å². The number of non-ortho nitro benzene ring substituents is 1. The number of anilines is 3. The molecule has 0 radical (unpaired) electrons.